The van der Waals surface area contributed by atoms with Crippen molar-refractivity contribution in [3.8, 4) is 5.75 Å². The monoisotopic (exact) mass is 492 g/mol. The average molecular weight is 493 g/mol. The molecule has 1 N–H and O–H groups in total. The number of carbonyl (C=O) groups is 1. The number of amidine groups is 1. The number of aliphatic imine (C=N–C) groups is 1. The maximum atomic E-state index is 12.4. The number of aryl methyl sites for hydroxylation is 2. The maximum absolute atomic E-state index is 12.4. The van der Waals surface area contributed by atoms with Crippen molar-refractivity contribution in [3.05, 3.63) is 98.4 Å². The van der Waals surface area contributed by atoms with E-state index in [-0.39, 0.29) is 5.91 Å². The second-order valence-electron chi connectivity index (χ2n) is 7.29. The van der Waals surface area contributed by atoms with E-state index >= 15 is 0 Å². The van der Waals surface area contributed by atoms with Crippen LogP contribution in [-0.2, 0) is 11.4 Å². The molecule has 0 aliphatic carbocycles. The van der Waals surface area contributed by atoms with Crippen LogP contribution in [0.5, 0.6) is 5.75 Å². The van der Waals surface area contributed by atoms with Crippen LogP contribution in [0.4, 0.5) is 5.69 Å². The van der Waals surface area contributed by atoms with E-state index in [9.17, 15) is 4.79 Å². The number of carbonyl (C=O) groups excluding carboxylic acids is 1. The minimum absolute atomic E-state index is 0.145. The topological polar surface area (TPSA) is 50.7 Å². The number of hydrogen-bond acceptors (Lipinski definition) is 4. The van der Waals surface area contributed by atoms with Gasteiger partial charge < -0.3 is 10.1 Å². The Morgan fingerprint density at radius 3 is 2.48 bits per heavy atom. The third-order valence-corrected chi connectivity index (χ3v) is 6.11. The van der Waals surface area contributed by atoms with Crippen LogP contribution >= 0.6 is 27.7 Å². The second-order valence-corrected chi connectivity index (χ2v) is 9.18. The molecule has 6 heteroatoms. The summed E-state index contributed by atoms with van der Waals surface area (Å²) in [6.07, 6.45) is 1.86. The SMILES string of the molecule is Cc1cc(C)cc(N=C2NC(=O)/C(=C/c3ccc(OCc4ccccc4)c(Br)c3)S2)c1. The number of benzene rings is 3. The fourth-order valence-corrected chi connectivity index (χ4v) is 4.58. The Morgan fingerprint density at radius 1 is 1.03 bits per heavy atom. The quantitative estimate of drug-likeness (QED) is 0.411. The van der Waals surface area contributed by atoms with Gasteiger partial charge in [-0.3, -0.25) is 4.79 Å². The zero-order valence-corrected chi connectivity index (χ0v) is 19.6. The fraction of sp³-hybridized carbons (Fsp3) is 0.120. The Labute approximate surface area is 194 Å². The average Bonchev–Trinajstić information content (AvgIpc) is 3.06. The lowest BCUT2D eigenvalue weighted by molar-refractivity contribution is -0.115. The Kier molecular flexibility index (Phi) is 6.59. The van der Waals surface area contributed by atoms with Gasteiger partial charge in [0, 0.05) is 0 Å². The molecule has 0 aromatic heterocycles. The van der Waals surface area contributed by atoms with Gasteiger partial charge in [-0.15, -0.1) is 0 Å². The van der Waals surface area contributed by atoms with Gasteiger partial charge in [-0.1, -0.05) is 42.5 Å². The van der Waals surface area contributed by atoms with Gasteiger partial charge in [-0.2, -0.15) is 0 Å². The van der Waals surface area contributed by atoms with Crippen molar-refractivity contribution < 1.29 is 9.53 Å². The first-order valence-corrected chi connectivity index (χ1v) is 11.4. The van der Waals surface area contributed by atoms with Crippen LogP contribution in [-0.4, -0.2) is 11.1 Å². The molecule has 1 amide bonds. The lowest BCUT2D eigenvalue weighted by atomic mass is 10.1. The van der Waals surface area contributed by atoms with E-state index < -0.39 is 0 Å². The Morgan fingerprint density at radius 2 is 1.77 bits per heavy atom. The lowest BCUT2D eigenvalue weighted by Gasteiger charge is -2.09. The molecule has 31 heavy (non-hydrogen) atoms. The lowest BCUT2D eigenvalue weighted by Crippen LogP contribution is -2.19. The zero-order chi connectivity index (χ0) is 21.8. The number of ether oxygens (including phenoxy) is 1. The second kappa shape index (κ2) is 9.54. The summed E-state index contributed by atoms with van der Waals surface area (Å²) in [5.41, 5.74) is 5.14. The minimum atomic E-state index is -0.145. The van der Waals surface area contributed by atoms with E-state index in [4.69, 9.17) is 4.74 Å². The smallest absolute Gasteiger partial charge is 0.264 e. The molecule has 1 aliphatic heterocycles. The van der Waals surface area contributed by atoms with Gasteiger partial charge in [0.25, 0.3) is 5.91 Å². The molecular formula is C25H21BrN2O2S. The van der Waals surface area contributed by atoms with E-state index in [0.29, 0.717) is 16.7 Å². The van der Waals surface area contributed by atoms with Crippen molar-refractivity contribution in [1.29, 1.82) is 0 Å². The number of thioether (sulfide) groups is 1. The van der Waals surface area contributed by atoms with Crippen LogP contribution in [0.1, 0.15) is 22.3 Å². The maximum Gasteiger partial charge on any atom is 0.264 e. The summed E-state index contributed by atoms with van der Waals surface area (Å²) >= 11 is 4.91. The number of hydrogen-bond donors (Lipinski definition) is 1. The standard InChI is InChI=1S/C25H21BrN2O2S/c1-16-10-17(2)12-20(11-16)27-25-28-24(29)23(31-25)14-19-8-9-22(21(26)13-19)30-15-18-6-4-3-5-7-18/h3-14H,15H2,1-2H3,(H,27,28,29)/b23-14-. The van der Waals surface area contributed by atoms with E-state index in [1.165, 1.54) is 11.8 Å². The Balaban J connectivity index is 1.47. The van der Waals surface area contributed by atoms with E-state index in [1.54, 1.807) is 0 Å². The van der Waals surface area contributed by atoms with Gasteiger partial charge in [-0.05, 0) is 94.1 Å². The van der Waals surface area contributed by atoms with Crippen LogP contribution < -0.4 is 10.1 Å². The van der Waals surface area contributed by atoms with Crippen LogP contribution in [0, 0.1) is 13.8 Å². The summed E-state index contributed by atoms with van der Waals surface area (Å²) in [7, 11) is 0. The minimum Gasteiger partial charge on any atom is -0.488 e. The van der Waals surface area contributed by atoms with E-state index in [1.807, 2.05) is 80.6 Å². The highest BCUT2D eigenvalue weighted by Crippen LogP contribution is 2.31. The summed E-state index contributed by atoms with van der Waals surface area (Å²) in [6, 6.07) is 21.9. The summed E-state index contributed by atoms with van der Waals surface area (Å²) in [6.45, 7) is 4.57. The van der Waals surface area contributed by atoms with Crippen LogP contribution in [0.25, 0.3) is 6.08 Å². The van der Waals surface area contributed by atoms with Crippen molar-refractivity contribution in [2.24, 2.45) is 4.99 Å². The van der Waals surface area contributed by atoms with Crippen molar-refractivity contribution in [2.75, 3.05) is 0 Å². The normalized spacial score (nSPS) is 16.0. The molecule has 156 valence electrons. The predicted octanol–water partition coefficient (Wildman–Crippen LogP) is 6.54. The first kappa shape index (κ1) is 21.4. The third kappa shape index (κ3) is 5.66. The van der Waals surface area contributed by atoms with Crippen molar-refractivity contribution in [1.82, 2.24) is 5.32 Å². The number of nitrogens with one attached hydrogen (secondary N) is 1. The first-order valence-electron chi connectivity index (χ1n) is 9.80. The molecule has 0 unspecified atom stereocenters. The number of amides is 1. The number of halogens is 1. The molecular weight excluding hydrogens is 472 g/mol. The highest BCUT2D eigenvalue weighted by atomic mass is 79.9. The van der Waals surface area contributed by atoms with Gasteiger partial charge in [-0.25, -0.2) is 4.99 Å². The molecule has 4 rings (SSSR count). The Hall–Kier alpha value is -2.83. The van der Waals surface area contributed by atoms with Gasteiger partial charge in [0.1, 0.15) is 12.4 Å². The molecule has 0 atom stereocenters. The molecule has 1 saturated heterocycles. The van der Waals surface area contributed by atoms with Crippen LogP contribution in [0.3, 0.4) is 0 Å². The molecule has 1 heterocycles. The molecule has 3 aromatic rings. The van der Waals surface area contributed by atoms with E-state index in [2.05, 4.69) is 32.3 Å². The summed E-state index contributed by atoms with van der Waals surface area (Å²) in [4.78, 5) is 17.6. The molecule has 0 spiro atoms. The zero-order valence-electron chi connectivity index (χ0n) is 17.2. The largest absolute Gasteiger partial charge is 0.488 e. The van der Waals surface area contributed by atoms with Gasteiger partial charge >= 0.3 is 0 Å². The van der Waals surface area contributed by atoms with Crippen molar-refractivity contribution >= 4 is 50.5 Å². The first-order chi connectivity index (χ1) is 15.0. The summed E-state index contributed by atoms with van der Waals surface area (Å²) < 4.78 is 6.74. The van der Waals surface area contributed by atoms with Gasteiger partial charge in [0.2, 0.25) is 0 Å². The highest BCUT2D eigenvalue weighted by Gasteiger charge is 2.24. The molecule has 0 saturated carbocycles. The molecule has 0 bridgehead atoms. The molecule has 1 fully saturated rings. The van der Waals surface area contributed by atoms with Crippen molar-refractivity contribution in [3.63, 3.8) is 0 Å². The number of nitrogens with zero attached hydrogens (tertiary/aromatic N) is 1. The molecule has 1 aliphatic rings. The summed E-state index contributed by atoms with van der Waals surface area (Å²) in [5.74, 6) is 0.611. The van der Waals surface area contributed by atoms with Crippen molar-refractivity contribution in [2.45, 2.75) is 20.5 Å². The highest BCUT2D eigenvalue weighted by molar-refractivity contribution is 9.10. The summed E-state index contributed by atoms with van der Waals surface area (Å²) in [5, 5.41) is 3.43. The predicted molar refractivity (Wildman–Crippen MR) is 132 cm³/mol. The van der Waals surface area contributed by atoms with Crippen LogP contribution in [0.15, 0.2) is 81.1 Å². The Bertz CT molecular complexity index is 1170. The molecule has 0 radical (unpaired) electrons. The van der Waals surface area contributed by atoms with Crippen LogP contribution in [0.2, 0.25) is 0 Å². The third-order valence-electron chi connectivity index (χ3n) is 4.58. The van der Waals surface area contributed by atoms with Gasteiger partial charge in [0.05, 0.1) is 15.1 Å². The molecule has 4 nitrogen and oxygen atoms in total. The van der Waals surface area contributed by atoms with E-state index in [0.717, 1.165) is 38.2 Å². The fourth-order valence-electron chi connectivity index (χ4n) is 3.22. The van der Waals surface area contributed by atoms with Gasteiger partial charge in [0.15, 0.2) is 5.17 Å². The molecule has 3 aromatic carbocycles. The number of rotatable bonds is 5.